The van der Waals surface area contributed by atoms with Gasteiger partial charge in [-0.05, 0) is 208 Å². The molecule has 0 fully saturated rings. The smallest absolute Gasteiger partial charge is 0.0715 e. The molecular formula is C70H64. The summed E-state index contributed by atoms with van der Waals surface area (Å²) in [6, 6.07) is 39.4. The monoisotopic (exact) mass is 905 g/mol. The number of hydrogen-bond donors (Lipinski definition) is 0. The van der Waals surface area contributed by atoms with Gasteiger partial charge < -0.3 is 0 Å². The van der Waals surface area contributed by atoms with Crippen LogP contribution in [0.3, 0.4) is 0 Å². The quantitative estimate of drug-likeness (QED) is 0.149. The van der Waals surface area contributed by atoms with E-state index in [1.165, 1.54) is 61.2 Å². The molecule has 0 amide bonds. The van der Waals surface area contributed by atoms with Crippen LogP contribution in [0.25, 0.3) is 16.7 Å². The van der Waals surface area contributed by atoms with Gasteiger partial charge in [0.1, 0.15) is 0 Å². The van der Waals surface area contributed by atoms with Crippen LogP contribution in [0.4, 0.5) is 0 Å². The van der Waals surface area contributed by atoms with Crippen molar-refractivity contribution in [2.45, 2.75) is 101 Å². The standard InChI is InChI=1S/C70H64/c1-5-20-49(21-6-1)53-29-19-30-54(42-53)57(43-56-28-13-14-31-61(56)52-26-11-4-12-27-52)40-48-36-38-64-65-39-37-55(60-45-58(50-22-7-2-8-23-50)44-59(46-60)51-24-9-3-10-25-51)47-69(65)70(68(64)41-48)66-34-17-15-32-62(66)63-33-16-18-35-67(63)70/h2,4-5,7-9,11-14,17-29,31,34-36,38,41-42,44,46-47,54,57-58H,1,3,6,10,15-16,30,32-33,37,39-40,43,45H2. The van der Waals surface area contributed by atoms with Gasteiger partial charge in [-0.1, -0.05) is 200 Å². The Kier molecular flexibility index (Phi) is 11.5. The van der Waals surface area contributed by atoms with Crippen LogP contribution in [-0.4, -0.2) is 0 Å². The van der Waals surface area contributed by atoms with Gasteiger partial charge in [0.15, 0.2) is 0 Å². The molecule has 0 radical (unpaired) electrons. The minimum Gasteiger partial charge on any atom is -0.0839 e. The first-order valence-corrected chi connectivity index (χ1v) is 26.8. The first-order valence-electron chi connectivity index (χ1n) is 26.8. The third-order valence-corrected chi connectivity index (χ3v) is 17.3. The molecule has 1 spiro atoms. The van der Waals surface area contributed by atoms with Gasteiger partial charge in [0, 0.05) is 5.92 Å². The average Bonchev–Trinajstić information content (AvgIpc) is 3.91. The Balaban J connectivity index is 0.930. The molecule has 13 rings (SSSR count). The predicted molar refractivity (Wildman–Crippen MR) is 294 cm³/mol. The van der Waals surface area contributed by atoms with Gasteiger partial charge >= 0.3 is 0 Å². The van der Waals surface area contributed by atoms with Crippen LogP contribution in [-0.2, 0) is 18.3 Å². The lowest BCUT2D eigenvalue weighted by Crippen LogP contribution is -2.30. The molecule has 4 aromatic carbocycles. The molecule has 9 aliphatic rings. The second-order valence-corrected chi connectivity index (χ2v) is 21.3. The maximum atomic E-state index is 2.74. The van der Waals surface area contributed by atoms with E-state index in [1.54, 1.807) is 44.6 Å². The molecule has 4 aromatic rings. The first-order chi connectivity index (χ1) is 34.7. The van der Waals surface area contributed by atoms with Crippen LogP contribution in [0.15, 0.2) is 262 Å². The Hall–Kier alpha value is -6.76. The van der Waals surface area contributed by atoms with Gasteiger partial charge in [-0.3, -0.25) is 0 Å². The fourth-order valence-corrected chi connectivity index (χ4v) is 14.0. The van der Waals surface area contributed by atoms with E-state index in [9.17, 15) is 0 Å². The van der Waals surface area contributed by atoms with Crippen molar-refractivity contribution in [3.8, 4) is 11.1 Å². The number of rotatable bonds is 10. The van der Waals surface area contributed by atoms with Crippen LogP contribution in [0.5, 0.6) is 0 Å². The Bertz CT molecular complexity index is 3190. The Labute approximate surface area is 417 Å². The maximum absolute atomic E-state index is 2.74. The summed E-state index contributed by atoms with van der Waals surface area (Å²) in [6.07, 6.45) is 55.3. The van der Waals surface area contributed by atoms with E-state index >= 15 is 0 Å². The number of benzene rings is 4. The molecule has 0 nitrogen and oxygen atoms in total. The topological polar surface area (TPSA) is 0 Å². The van der Waals surface area contributed by atoms with Crippen molar-refractivity contribution < 1.29 is 0 Å². The highest BCUT2D eigenvalue weighted by Gasteiger charge is 2.54. The van der Waals surface area contributed by atoms with E-state index in [2.05, 4.69) is 200 Å². The zero-order valence-corrected chi connectivity index (χ0v) is 40.7. The first kappa shape index (κ1) is 43.3. The van der Waals surface area contributed by atoms with Crippen LogP contribution in [0, 0.1) is 11.8 Å². The summed E-state index contributed by atoms with van der Waals surface area (Å²) in [5.74, 6) is 1.21. The van der Waals surface area contributed by atoms with Crippen LogP contribution < -0.4 is 0 Å². The Morgan fingerprint density at radius 1 is 0.486 bits per heavy atom. The van der Waals surface area contributed by atoms with Crippen LogP contribution in [0.1, 0.15) is 111 Å². The molecule has 0 aromatic heterocycles. The number of allylic oxidation sites excluding steroid dienone is 28. The molecule has 3 unspecified atom stereocenters. The van der Waals surface area contributed by atoms with Crippen molar-refractivity contribution in [3.63, 3.8) is 0 Å². The van der Waals surface area contributed by atoms with Crippen LogP contribution in [0.2, 0.25) is 0 Å². The van der Waals surface area contributed by atoms with Crippen molar-refractivity contribution in [1.29, 1.82) is 0 Å². The van der Waals surface area contributed by atoms with Crippen molar-refractivity contribution in [2.24, 2.45) is 11.8 Å². The van der Waals surface area contributed by atoms with E-state index in [0.29, 0.717) is 17.8 Å². The molecule has 344 valence electrons. The molecule has 0 saturated carbocycles. The van der Waals surface area contributed by atoms with E-state index in [0.717, 1.165) is 89.9 Å². The summed E-state index contributed by atoms with van der Waals surface area (Å²) >= 11 is 0. The van der Waals surface area contributed by atoms with Crippen LogP contribution >= 0.6 is 0 Å². The highest BCUT2D eigenvalue weighted by atomic mass is 14.6. The SMILES string of the molecule is C1=CC(C2=CC(c3ccccc3)CC(C3=CC4=C(CC3)c3ccc(CC(Cc5ccccc5-c5ccccc5)C5C=C(C6=CCCC=C6)C=CC5)cc3C43C4=C(CCC=C4)C4=C3C=CCC4)=C2)=CCC1. The van der Waals surface area contributed by atoms with Gasteiger partial charge in [-0.2, -0.15) is 0 Å². The van der Waals surface area contributed by atoms with Gasteiger partial charge in [-0.15, -0.1) is 0 Å². The summed E-state index contributed by atoms with van der Waals surface area (Å²) in [4.78, 5) is 0. The summed E-state index contributed by atoms with van der Waals surface area (Å²) in [7, 11) is 0. The zero-order valence-electron chi connectivity index (χ0n) is 40.7. The molecule has 70 heavy (non-hydrogen) atoms. The normalized spacial score (nSPS) is 23.3. The second kappa shape index (κ2) is 18.5. The fraction of sp³-hybridized carbons (Fsp3) is 0.257. The molecule has 0 N–H and O–H groups in total. The van der Waals surface area contributed by atoms with Gasteiger partial charge in [-0.25, -0.2) is 0 Å². The predicted octanol–water partition coefficient (Wildman–Crippen LogP) is 17.9. The Morgan fingerprint density at radius 2 is 1.17 bits per heavy atom. The molecule has 9 aliphatic carbocycles. The van der Waals surface area contributed by atoms with Gasteiger partial charge in [0.2, 0.25) is 0 Å². The van der Waals surface area contributed by atoms with Crippen molar-refractivity contribution in [3.05, 3.63) is 289 Å². The molecular weight excluding hydrogens is 841 g/mol. The van der Waals surface area contributed by atoms with E-state index < -0.39 is 0 Å². The third-order valence-electron chi connectivity index (χ3n) is 17.3. The molecule has 0 saturated heterocycles. The summed E-state index contributed by atoms with van der Waals surface area (Å²) in [5.41, 5.74) is 28.0. The largest absolute Gasteiger partial charge is 0.0839 e. The minimum absolute atomic E-state index is 0.290. The molecule has 0 heteroatoms. The molecule has 0 heterocycles. The van der Waals surface area contributed by atoms with E-state index in [4.69, 9.17) is 0 Å². The third kappa shape index (κ3) is 7.67. The molecule has 3 atom stereocenters. The second-order valence-electron chi connectivity index (χ2n) is 21.3. The summed E-state index contributed by atoms with van der Waals surface area (Å²) in [6.45, 7) is 0. The van der Waals surface area contributed by atoms with Crippen molar-refractivity contribution in [2.75, 3.05) is 0 Å². The Morgan fingerprint density at radius 3 is 1.91 bits per heavy atom. The van der Waals surface area contributed by atoms with Gasteiger partial charge in [0.25, 0.3) is 0 Å². The average molecular weight is 905 g/mol. The molecule has 0 aliphatic heterocycles. The maximum Gasteiger partial charge on any atom is 0.0715 e. The highest BCUT2D eigenvalue weighted by Crippen LogP contribution is 2.65. The molecule has 0 bridgehead atoms. The fourth-order valence-electron chi connectivity index (χ4n) is 14.0. The number of fused-ring (bicyclic) bond motifs is 7. The highest BCUT2D eigenvalue weighted by molar-refractivity contribution is 5.92. The summed E-state index contributed by atoms with van der Waals surface area (Å²) < 4.78 is 0. The van der Waals surface area contributed by atoms with Crippen molar-refractivity contribution >= 4 is 5.57 Å². The zero-order chi connectivity index (χ0) is 46.4. The van der Waals surface area contributed by atoms with Gasteiger partial charge in [0.05, 0.1) is 5.41 Å². The van der Waals surface area contributed by atoms with E-state index in [1.807, 2.05) is 0 Å². The van der Waals surface area contributed by atoms with E-state index in [-0.39, 0.29) is 5.41 Å². The minimum atomic E-state index is -0.290. The summed E-state index contributed by atoms with van der Waals surface area (Å²) in [5, 5.41) is 0. The lowest BCUT2D eigenvalue weighted by Gasteiger charge is -2.37. The van der Waals surface area contributed by atoms with Crippen molar-refractivity contribution in [1.82, 2.24) is 0 Å². The lowest BCUT2D eigenvalue weighted by molar-refractivity contribution is 0.388. The number of hydrogen-bond acceptors (Lipinski definition) is 0. The lowest BCUT2D eigenvalue weighted by atomic mass is 9.65.